The van der Waals surface area contributed by atoms with Gasteiger partial charge >= 0.3 is 0 Å². The molecule has 19 heavy (non-hydrogen) atoms. The van der Waals surface area contributed by atoms with Crippen LogP contribution in [0, 0.1) is 10.4 Å². The SMILES string of the molecule is Brc1cc2ccc1=2.Clc1nc(-c2ccccc2)co1. The van der Waals surface area contributed by atoms with Crippen molar-refractivity contribution in [3.8, 4) is 11.3 Å². The predicted molar refractivity (Wildman–Crippen MR) is 78.8 cm³/mol. The molecule has 2 aliphatic carbocycles. The van der Waals surface area contributed by atoms with Crippen molar-refractivity contribution in [1.82, 2.24) is 4.98 Å². The molecule has 0 fully saturated rings. The molecule has 0 saturated heterocycles. The van der Waals surface area contributed by atoms with E-state index in [0.717, 1.165) is 11.3 Å². The number of hydrogen-bond donors (Lipinski definition) is 0. The maximum absolute atomic E-state index is 5.53. The fourth-order valence-electron chi connectivity index (χ4n) is 1.74. The molecule has 0 atom stereocenters. The van der Waals surface area contributed by atoms with Crippen molar-refractivity contribution >= 4 is 27.5 Å². The second-order valence-electron chi connectivity index (χ2n) is 4.05. The Morgan fingerprint density at radius 3 is 2.21 bits per heavy atom. The summed E-state index contributed by atoms with van der Waals surface area (Å²) in [5.74, 6) is 0. The highest BCUT2D eigenvalue weighted by Crippen LogP contribution is 2.21. The topological polar surface area (TPSA) is 26.0 Å². The monoisotopic (exact) mass is 333 g/mol. The van der Waals surface area contributed by atoms with Crippen LogP contribution in [-0.2, 0) is 0 Å². The minimum Gasteiger partial charge on any atom is -0.436 e. The zero-order chi connectivity index (χ0) is 13.2. The normalized spacial score (nSPS) is 10.6. The van der Waals surface area contributed by atoms with Crippen LogP contribution in [0.1, 0.15) is 0 Å². The molecule has 0 saturated carbocycles. The molecule has 1 aromatic heterocycles. The molecule has 0 radical (unpaired) electrons. The smallest absolute Gasteiger partial charge is 0.292 e. The molecule has 2 nitrogen and oxygen atoms in total. The number of hydrogen-bond acceptors (Lipinski definition) is 2. The number of benzene rings is 2. The highest BCUT2D eigenvalue weighted by Gasteiger charge is 2.02. The van der Waals surface area contributed by atoms with Crippen molar-refractivity contribution < 1.29 is 4.42 Å². The van der Waals surface area contributed by atoms with E-state index in [1.807, 2.05) is 30.3 Å². The van der Waals surface area contributed by atoms with Crippen molar-refractivity contribution in [3.63, 3.8) is 0 Å². The summed E-state index contributed by atoms with van der Waals surface area (Å²) in [5.41, 5.74) is 1.77. The van der Waals surface area contributed by atoms with Gasteiger partial charge < -0.3 is 4.42 Å². The van der Waals surface area contributed by atoms with Gasteiger partial charge in [-0.15, -0.1) is 0 Å². The van der Waals surface area contributed by atoms with Gasteiger partial charge in [0.15, 0.2) is 0 Å². The molecule has 1 heterocycles. The van der Waals surface area contributed by atoms with Gasteiger partial charge in [-0.05, 0) is 28.1 Å². The second-order valence-corrected chi connectivity index (χ2v) is 5.22. The first-order valence-corrected chi connectivity index (χ1v) is 6.87. The van der Waals surface area contributed by atoms with Crippen LogP contribution in [0.2, 0.25) is 5.35 Å². The van der Waals surface area contributed by atoms with E-state index in [-0.39, 0.29) is 5.35 Å². The average Bonchev–Trinajstić information content (AvgIpc) is 2.84. The second kappa shape index (κ2) is 5.19. The van der Waals surface area contributed by atoms with Crippen LogP contribution < -0.4 is 0 Å². The zero-order valence-corrected chi connectivity index (χ0v) is 12.1. The lowest BCUT2D eigenvalue weighted by molar-refractivity contribution is 0.560. The minimum absolute atomic E-state index is 0.175. The van der Waals surface area contributed by atoms with Crippen LogP contribution in [0.15, 0.2) is 63.7 Å². The lowest BCUT2D eigenvalue weighted by Crippen LogP contribution is -1.85. The fraction of sp³-hybridized carbons (Fsp3) is 0. The molecule has 4 heteroatoms. The van der Waals surface area contributed by atoms with E-state index in [9.17, 15) is 0 Å². The lowest BCUT2D eigenvalue weighted by Gasteiger charge is -2.02. The van der Waals surface area contributed by atoms with Gasteiger partial charge in [0.2, 0.25) is 0 Å². The first kappa shape index (κ1) is 12.5. The van der Waals surface area contributed by atoms with Crippen LogP contribution in [0.4, 0.5) is 0 Å². The third-order valence-corrected chi connectivity index (χ3v) is 3.66. The minimum atomic E-state index is 0.175. The Morgan fingerprint density at radius 2 is 1.84 bits per heavy atom. The van der Waals surface area contributed by atoms with E-state index in [2.05, 4.69) is 39.1 Å². The predicted octanol–water partition coefficient (Wildman–Crippen LogP) is 5.04. The van der Waals surface area contributed by atoms with Gasteiger partial charge in [-0.3, -0.25) is 0 Å². The first-order valence-electron chi connectivity index (χ1n) is 5.70. The fourth-order valence-corrected chi connectivity index (χ4v) is 2.48. The maximum Gasteiger partial charge on any atom is 0.292 e. The van der Waals surface area contributed by atoms with Crippen molar-refractivity contribution in [1.29, 1.82) is 0 Å². The van der Waals surface area contributed by atoms with E-state index < -0.39 is 0 Å². The molecule has 0 amide bonds. The van der Waals surface area contributed by atoms with Gasteiger partial charge in [0.25, 0.3) is 5.35 Å². The van der Waals surface area contributed by atoms with Gasteiger partial charge in [0.1, 0.15) is 12.0 Å². The maximum atomic E-state index is 5.53. The molecular weight excluding hydrogens is 326 g/mol. The summed E-state index contributed by atoms with van der Waals surface area (Å²) in [6, 6.07) is 16.1. The molecule has 0 unspecified atom stereocenters. The molecule has 94 valence electrons. The Hall–Kier alpha value is -1.58. The van der Waals surface area contributed by atoms with Gasteiger partial charge in [-0.2, -0.15) is 4.98 Å². The summed E-state index contributed by atoms with van der Waals surface area (Å²) < 4.78 is 6.13. The van der Waals surface area contributed by atoms with E-state index in [4.69, 9.17) is 16.0 Å². The van der Waals surface area contributed by atoms with Crippen LogP contribution in [0.3, 0.4) is 0 Å². The average molecular weight is 335 g/mol. The van der Waals surface area contributed by atoms with Gasteiger partial charge in [0, 0.05) is 10.0 Å². The number of oxazole rings is 1. The summed E-state index contributed by atoms with van der Waals surface area (Å²) in [6.07, 6.45) is 1.54. The van der Waals surface area contributed by atoms with E-state index in [0.29, 0.717) is 0 Å². The Bertz CT molecular complexity index is 799. The molecule has 4 rings (SSSR count). The molecule has 0 spiro atoms. The van der Waals surface area contributed by atoms with E-state index >= 15 is 0 Å². The molecule has 2 aliphatic rings. The zero-order valence-electron chi connectivity index (χ0n) is 9.81. The van der Waals surface area contributed by atoms with Gasteiger partial charge in [-0.1, -0.05) is 58.4 Å². The quantitative estimate of drug-likeness (QED) is 0.487. The number of rotatable bonds is 1. The van der Waals surface area contributed by atoms with Crippen molar-refractivity contribution in [3.05, 3.63) is 75.1 Å². The summed E-state index contributed by atoms with van der Waals surface area (Å²) in [4.78, 5) is 3.98. The Kier molecular flexibility index (Phi) is 3.40. The molecule has 2 aromatic rings. The van der Waals surface area contributed by atoms with Crippen molar-refractivity contribution in [2.75, 3.05) is 0 Å². The highest BCUT2D eigenvalue weighted by molar-refractivity contribution is 9.10. The van der Waals surface area contributed by atoms with Crippen LogP contribution in [0.5, 0.6) is 0 Å². The number of halogens is 2. The van der Waals surface area contributed by atoms with E-state index in [1.54, 1.807) is 0 Å². The summed E-state index contributed by atoms with van der Waals surface area (Å²) >= 11 is 8.90. The first-order chi connectivity index (χ1) is 9.24. The van der Waals surface area contributed by atoms with Crippen LogP contribution in [-0.4, -0.2) is 4.98 Å². The Balaban J connectivity index is 0.000000132. The summed E-state index contributed by atoms with van der Waals surface area (Å²) in [7, 11) is 0. The van der Waals surface area contributed by atoms with Gasteiger partial charge in [0.05, 0.1) is 0 Å². The van der Waals surface area contributed by atoms with Crippen LogP contribution >= 0.6 is 27.5 Å². The largest absolute Gasteiger partial charge is 0.436 e. The molecule has 0 bridgehead atoms. The van der Waals surface area contributed by atoms with Crippen LogP contribution in [0.25, 0.3) is 11.3 Å². The van der Waals surface area contributed by atoms with E-state index in [1.165, 1.54) is 21.2 Å². The number of aromatic nitrogens is 1. The summed E-state index contributed by atoms with van der Waals surface area (Å²) in [5, 5.41) is 2.96. The third kappa shape index (κ3) is 2.57. The van der Waals surface area contributed by atoms with Gasteiger partial charge in [-0.25, -0.2) is 0 Å². The Morgan fingerprint density at radius 1 is 1.05 bits per heavy atom. The third-order valence-electron chi connectivity index (χ3n) is 2.83. The summed E-state index contributed by atoms with van der Waals surface area (Å²) in [6.45, 7) is 0. The highest BCUT2D eigenvalue weighted by atomic mass is 79.9. The molecule has 1 aromatic carbocycles. The molecule has 0 N–H and O–H groups in total. The van der Waals surface area contributed by atoms with Crippen molar-refractivity contribution in [2.24, 2.45) is 0 Å². The Labute approximate surface area is 123 Å². The van der Waals surface area contributed by atoms with Crippen molar-refractivity contribution in [2.45, 2.75) is 0 Å². The lowest BCUT2D eigenvalue weighted by atomic mass is 10.1. The molecular formula is C15H9BrClNO. The molecule has 0 aliphatic heterocycles. The number of nitrogens with zero attached hydrogens (tertiary/aromatic N) is 1. The standard InChI is InChI=1S/C9H6ClNO.C6H3Br/c10-9-11-8(6-12-9)7-4-2-1-3-5-7;7-6-3-4-1-2-5(4)6/h1-6H;1-3H.